The number of nitrogens with zero attached hydrogens (tertiary/aromatic N) is 2. The molecule has 0 saturated heterocycles. The highest BCUT2D eigenvalue weighted by molar-refractivity contribution is 6.21. The van der Waals surface area contributed by atoms with E-state index >= 15 is 0 Å². The number of benzene rings is 8. The van der Waals surface area contributed by atoms with Gasteiger partial charge in [0.2, 0.25) is 0 Å². The molecule has 0 saturated carbocycles. The Morgan fingerprint density at radius 1 is 0.500 bits per heavy atom. The summed E-state index contributed by atoms with van der Waals surface area (Å²) in [6.07, 6.45) is 1.43. The second-order valence-electron chi connectivity index (χ2n) is 12.0. The van der Waals surface area contributed by atoms with Crippen LogP contribution in [0.15, 0.2) is 186 Å². The van der Waals surface area contributed by atoms with Crippen LogP contribution in [0.2, 0.25) is 0 Å². The first-order chi connectivity index (χ1) is 23.7. The molecule has 8 aromatic rings. The third-order valence-electron chi connectivity index (χ3n) is 8.98. The average Bonchev–Trinajstić information content (AvgIpc) is 3.16. The zero-order valence-corrected chi connectivity index (χ0v) is 26.4. The minimum absolute atomic E-state index is 0.444. The fourth-order valence-corrected chi connectivity index (χ4v) is 6.62. The molecule has 0 aliphatic carbocycles. The van der Waals surface area contributed by atoms with Crippen LogP contribution in [-0.4, -0.2) is 12.1 Å². The molecule has 228 valence electrons. The maximum absolute atomic E-state index is 6.70. The number of aliphatic imine (C=N–C) groups is 2. The van der Waals surface area contributed by atoms with Gasteiger partial charge in [0.15, 0.2) is 6.17 Å². The van der Waals surface area contributed by atoms with Gasteiger partial charge in [0.1, 0.15) is 5.84 Å². The summed E-state index contributed by atoms with van der Waals surface area (Å²) in [5.41, 5.74) is 14.2. The van der Waals surface area contributed by atoms with E-state index in [1.807, 2.05) is 48.7 Å². The molecule has 0 aliphatic heterocycles. The van der Waals surface area contributed by atoms with Crippen LogP contribution in [0.1, 0.15) is 22.9 Å². The highest BCUT2D eigenvalue weighted by atomic mass is 15.0. The summed E-state index contributed by atoms with van der Waals surface area (Å²) < 4.78 is 0. The van der Waals surface area contributed by atoms with Gasteiger partial charge < -0.3 is 5.73 Å². The molecule has 0 radical (unpaired) electrons. The van der Waals surface area contributed by atoms with Gasteiger partial charge in [-0.05, 0) is 72.3 Å². The first-order valence-corrected chi connectivity index (χ1v) is 16.2. The van der Waals surface area contributed by atoms with Crippen molar-refractivity contribution in [1.82, 2.24) is 0 Å². The van der Waals surface area contributed by atoms with Crippen molar-refractivity contribution in [1.29, 1.82) is 0 Å². The minimum atomic E-state index is -0.582. The van der Waals surface area contributed by atoms with Crippen molar-refractivity contribution >= 4 is 44.4 Å². The van der Waals surface area contributed by atoms with Crippen LogP contribution < -0.4 is 5.73 Å². The molecule has 0 spiro atoms. The molecule has 1 unspecified atom stereocenters. The van der Waals surface area contributed by atoms with E-state index in [4.69, 9.17) is 15.7 Å². The van der Waals surface area contributed by atoms with Crippen LogP contribution in [0, 0.1) is 0 Å². The summed E-state index contributed by atoms with van der Waals surface area (Å²) >= 11 is 0. The van der Waals surface area contributed by atoms with Gasteiger partial charge in [-0.25, -0.2) is 4.99 Å². The van der Waals surface area contributed by atoms with E-state index in [1.165, 1.54) is 26.9 Å². The fraction of sp³-hybridized carbons (Fsp3) is 0.0222. The lowest BCUT2D eigenvalue weighted by molar-refractivity contribution is 0.782. The quantitative estimate of drug-likeness (QED) is 0.0824. The molecule has 0 bridgehead atoms. The smallest absolute Gasteiger partial charge is 0.167 e. The molecular formula is C45H33N3. The fourth-order valence-electron chi connectivity index (χ4n) is 6.62. The molecule has 0 fully saturated rings. The normalized spacial score (nSPS) is 12.6. The predicted octanol–water partition coefficient (Wildman–Crippen LogP) is 11.0. The van der Waals surface area contributed by atoms with Crippen LogP contribution in [0.25, 0.3) is 54.6 Å². The monoisotopic (exact) mass is 615 g/mol. The predicted molar refractivity (Wildman–Crippen MR) is 204 cm³/mol. The Kier molecular flexibility index (Phi) is 7.77. The summed E-state index contributed by atoms with van der Waals surface area (Å²) in [7, 11) is 0. The molecular weight excluding hydrogens is 583 g/mol. The van der Waals surface area contributed by atoms with E-state index < -0.39 is 6.17 Å². The maximum Gasteiger partial charge on any atom is 0.167 e. The van der Waals surface area contributed by atoms with Gasteiger partial charge in [-0.2, -0.15) is 0 Å². The highest BCUT2D eigenvalue weighted by Gasteiger charge is 2.16. The van der Waals surface area contributed by atoms with Gasteiger partial charge in [0.25, 0.3) is 0 Å². The van der Waals surface area contributed by atoms with Gasteiger partial charge >= 0.3 is 0 Å². The molecule has 8 aromatic carbocycles. The number of amidine groups is 1. The minimum Gasteiger partial charge on any atom is -0.383 e. The van der Waals surface area contributed by atoms with E-state index in [1.54, 1.807) is 0 Å². The summed E-state index contributed by atoms with van der Waals surface area (Å²) in [6.45, 7) is 0. The van der Waals surface area contributed by atoms with Crippen LogP contribution in [-0.2, 0) is 0 Å². The lowest BCUT2D eigenvalue weighted by Crippen LogP contribution is -2.15. The van der Waals surface area contributed by atoms with Crippen molar-refractivity contribution in [2.24, 2.45) is 15.7 Å². The van der Waals surface area contributed by atoms with Crippen LogP contribution >= 0.6 is 0 Å². The topological polar surface area (TPSA) is 50.7 Å². The number of hydrogen-bond acceptors (Lipinski definition) is 2. The zero-order chi connectivity index (χ0) is 32.3. The molecule has 0 heterocycles. The summed E-state index contributed by atoms with van der Waals surface area (Å²) in [4.78, 5) is 10.4. The summed E-state index contributed by atoms with van der Waals surface area (Å²) in [5.74, 6) is 0.444. The van der Waals surface area contributed by atoms with Crippen molar-refractivity contribution < 1.29 is 0 Å². The van der Waals surface area contributed by atoms with Gasteiger partial charge in [-0.3, -0.25) is 4.99 Å². The first kappa shape index (κ1) is 29.1. The Balaban J connectivity index is 1.35. The molecule has 0 aromatic heterocycles. The lowest BCUT2D eigenvalue weighted by atomic mass is 9.92. The molecule has 3 heteroatoms. The van der Waals surface area contributed by atoms with Crippen LogP contribution in [0.5, 0.6) is 0 Å². The SMILES string of the molecule is NC(=NC(N=Cc1c2ccccc2cc2ccc3ccccc3c12)c1ccc(-c2ccccc2)c(-c2ccccc2)c1)c1ccccc1. The summed E-state index contributed by atoms with van der Waals surface area (Å²) in [5, 5.41) is 7.07. The van der Waals surface area contributed by atoms with E-state index in [9.17, 15) is 0 Å². The first-order valence-electron chi connectivity index (χ1n) is 16.2. The average molecular weight is 616 g/mol. The van der Waals surface area contributed by atoms with E-state index in [0.717, 1.165) is 44.3 Å². The van der Waals surface area contributed by atoms with Crippen molar-refractivity contribution in [2.75, 3.05) is 0 Å². The number of nitrogens with two attached hydrogens (primary N) is 1. The van der Waals surface area contributed by atoms with E-state index in [-0.39, 0.29) is 0 Å². The summed E-state index contributed by atoms with van der Waals surface area (Å²) in [6, 6.07) is 61.2. The second-order valence-corrected chi connectivity index (χ2v) is 12.0. The second kappa shape index (κ2) is 12.8. The van der Waals surface area contributed by atoms with Crippen molar-refractivity contribution in [2.45, 2.75) is 6.17 Å². The number of hydrogen-bond donors (Lipinski definition) is 1. The Hall–Kier alpha value is -6.32. The molecule has 3 nitrogen and oxygen atoms in total. The molecule has 0 aliphatic rings. The molecule has 8 rings (SSSR count). The maximum atomic E-state index is 6.70. The van der Waals surface area contributed by atoms with Crippen molar-refractivity contribution in [3.8, 4) is 22.3 Å². The molecule has 1 atom stereocenters. The lowest BCUT2D eigenvalue weighted by Gasteiger charge is -2.16. The Morgan fingerprint density at radius 3 is 1.81 bits per heavy atom. The molecule has 0 amide bonds. The Morgan fingerprint density at radius 2 is 1.08 bits per heavy atom. The van der Waals surface area contributed by atoms with Gasteiger partial charge in [-0.1, -0.05) is 164 Å². The number of rotatable bonds is 7. The van der Waals surface area contributed by atoms with Crippen molar-refractivity contribution in [3.05, 3.63) is 193 Å². The van der Waals surface area contributed by atoms with Gasteiger partial charge in [0, 0.05) is 17.3 Å². The van der Waals surface area contributed by atoms with Crippen molar-refractivity contribution in [3.63, 3.8) is 0 Å². The third kappa shape index (κ3) is 5.63. The Labute approximate surface area is 280 Å². The third-order valence-corrected chi connectivity index (χ3v) is 8.98. The number of fused-ring (bicyclic) bond motifs is 4. The van der Waals surface area contributed by atoms with Crippen LogP contribution in [0.3, 0.4) is 0 Å². The molecule has 2 N–H and O–H groups in total. The van der Waals surface area contributed by atoms with E-state index in [0.29, 0.717) is 5.84 Å². The molecule has 48 heavy (non-hydrogen) atoms. The zero-order valence-electron chi connectivity index (χ0n) is 26.4. The van der Waals surface area contributed by atoms with Crippen LogP contribution in [0.4, 0.5) is 0 Å². The Bertz CT molecular complexity index is 2450. The standard InChI is InChI=1S/C45H33N3/c46-44(34-19-8-3-9-20-34)48-45(37-26-27-39(31-14-4-1-5-15-31)41(29-37)32-16-6-2-7-17-32)47-30-42-38-22-12-11-21-35(38)28-36-25-24-33-18-10-13-23-40(33)43(36)42/h1-30,45H,(H2,46,48). The largest absolute Gasteiger partial charge is 0.383 e. The van der Waals surface area contributed by atoms with Gasteiger partial charge in [-0.15, -0.1) is 0 Å². The highest BCUT2D eigenvalue weighted by Crippen LogP contribution is 2.37. The van der Waals surface area contributed by atoms with E-state index in [2.05, 4.69) is 133 Å². The van der Waals surface area contributed by atoms with Gasteiger partial charge in [0.05, 0.1) is 0 Å².